The molecule has 316 valence electrons. The molecule has 0 aliphatic heterocycles. The highest BCUT2D eigenvalue weighted by Crippen LogP contribution is 2.36. The SMILES string of the molecule is COC(=O)c1cn(COC(=O)C(C)(C)C)c2ncc(-c3nn(C)c4cc(C(F)(F)F)ccc34)nc12.Cn1nc(-c2cnc3[nH]cc(C(=O)O)c3n2)c2ccc(C(F)(F)F)cc21. The normalized spacial score (nSPS) is 12.3. The smallest absolute Gasteiger partial charge is 0.416 e. The third kappa shape index (κ3) is 7.90. The topological polar surface area (TPSA) is 198 Å². The van der Waals surface area contributed by atoms with Crippen molar-refractivity contribution in [1.82, 2.24) is 49.0 Å². The third-order valence-corrected chi connectivity index (χ3v) is 9.37. The van der Waals surface area contributed by atoms with E-state index in [0.717, 1.165) is 24.3 Å². The Balaban J connectivity index is 0.000000192. The van der Waals surface area contributed by atoms with Crippen molar-refractivity contribution in [3.8, 4) is 22.8 Å². The molecule has 61 heavy (non-hydrogen) atoms. The molecule has 8 rings (SSSR count). The summed E-state index contributed by atoms with van der Waals surface area (Å²) < 4.78 is 92.5. The van der Waals surface area contributed by atoms with Crippen molar-refractivity contribution in [1.29, 1.82) is 0 Å². The van der Waals surface area contributed by atoms with Crippen molar-refractivity contribution in [2.45, 2.75) is 39.9 Å². The van der Waals surface area contributed by atoms with Gasteiger partial charge in [0.15, 0.2) is 18.0 Å². The van der Waals surface area contributed by atoms with E-state index in [4.69, 9.17) is 9.47 Å². The van der Waals surface area contributed by atoms with E-state index >= 15 is 0 Å². The number of H-pyrrole nitrogens is 1. The number of carboxylic acids is 1. The Bertz CT molecular complexity index is 3050. The number of aromatic nitrogens is 10. The summed E-state index contributed by atoms with van der Waals surface area (Å²) in [7, 11) is 4.27. The van der Waals surface area contributed by atoms with Gasteiger partial charge in [0.05, 0.1) is 47.1 Å². The van der Waals surface area contributed by atoms with E-state index in [1.165, 1.54) is 72.1 Å². The second kappa shape index (κ2) is 15.0. The molecule has 0 radical (unpaired) electrons. The number of esters is 2. The lowest BCUT2D eigenvalue weighted by atomic mass is 9.98. The first-order valence-electron chi connectivity index (χ1n) is 17.8. The molecule has 0 fully saturated rings. The molecule has 8 aromatic rings. The summed E-state index contributed by atoms with van der Waals surface area (Å²) in [5.41, 5.74) is 0.306. The van der Waals surface area contributed by atoms with Crippen molar-refractivity contribution in [3.63, 3.8) is 0 Å². The number of aromatic amines is 1. The maximum atomic E-state index is 13.2. The van der Waals surface area contributed by atoms with Crippen LogP contribution >= 0.6 is 0 Å². The first-order valence-corrected chi connectivity index (χ1v) is 17.8. The highest BCUT2D eigenvalue weighted by atomic mass is 19.4. The van der Waals surface area contributed by atoms with Crippen LogP contribution in [-0.4, -0.2) is 79.2 Å². The molecule has 2 N–H and O–H groups in total. The molecule has 0 unspecified atom stereocenters. The summed E-state index contributed by atoms with van der Waals surface area (Å²) in [4.78, 5) is 55.9. The molecule has 0 amide bonds. The van der Waals surface area contributed by atoms with Crippen molar-refractivity contribution >= 4 is 62.0 Å². The standard InChI is InChI=1S/C23H22F3N5O4.C16H10F3N5O2/c1-22(2,3)21(33)35-11-31-10-14(20(32)34-5)18-19(31)27-9-15(28-18)17-13-7-6-12(23(24,25)26)8-16(13)30(4)29-17;1-24-11-4-7(16(17,18)19)2-3-8(11)12(23-24)10-6-21-14-13(22-10)9(5-20-14)15(25)26/h6-10H,11H2,1-5H3;2-6H,1H3,(H,20,21)(H,25,26). The lowest BCUT2D eigenvalue weighted by Crippen LogP contribution is -2.24. The average molecular weight is 851 g/mol. The number of halogens is 6. The number of nitrogens with zero attached hydrogens (tertiary/aromatic N) is 9. The molecular formula is C39H32F6N10O6. The molecule has 6 heterocycles. The van der Waals surface area contributed by atoms with Gasteiger partial charge in [-0.2, -0.15) is 36.5 Å². The first-order chi connectivity index (χ1) is 28.6. The number of rotatable bonds is 6. The minimum atomic E-state index is -4.49. The van der Waals surface area contributed by atoms with Crippen LogP contribution in [0.15, 0.2) is 61.2 Å². The van der Waals surface area contributed by atoms with Crippen LogP contribution in [0.4, 0.5) is 26.3 Å². The van der Waals surface area contributed by atoms with E-state index in [2.05, 4.69) is 35.1 Å². The Morgan fingerprint density at radius 3 is 1.79 bits per heavy atom. The van der Waals surface area contributed by atoms with Gasteiger partial charge in [-0.15, -0.1) is 0 Å². The highest BCUT2D eigenvalue weighted by molar-refractivity contribution is 6.03. The predicted octanol–water partition coefficient (Wildman–Crippen LogP) is 7.57. The number of alkyl halides is 6. The number of nitrogens with one attached hydrogen (secondary N) is 1. The zero-order chi connectivity index (χ0) is 44.3. The number of ether oxygens (including phenoxy) is 2. The van der Waals surface area contributed by atoms with Crippen molar-refractivity contribution in [2.75, 3.05) is 7.11 Å². The Morgan fingerprint density at radius 2 is 1.30 bits per heavy atom. The summed E-state index contributed by atoms with van der Waals surface area (Å²) in [6, 6.07) is 6.61. The number of methoxy groups -OCH3 is 1. The van der Waals surface area contributed by atoms with E-state index in [1.54, 1.807) is 20.8 Å². The monoisotopic (exact) mass is 850 g/mol. The number of benzene rings is 2. The van der Waals surface area contributed by atoms with Gasteiger partial charge >= 0.3 is 30.3 Å². The lowest BCUT2D eigenvalue weighted by molar-refractivity contribution is -0.156. The number of hydrogen-bond donors (Lipinski definition) is 2. The second-order valence-corrected chi connectivity index (χ2v) is 14.6. The Kier molecular flexibility index (Phi) is 10.3. The fourth-order valence-corrected chi connectivity index (χ4v) is 6.28. The van der Waals surface area contributed by atoms with Crippen LogP contribution < -0.4 is 0 Å². The van der Waals surface area contributed by atoms with Crippen LogP contribution in [0.25, 0.3) is 66.9 Å². The Morgan fingerprint density at radius 1 is 0.770 bits per heavy atom. The summed E-state index contributed by atoms with van der Waals surface area (Å²) in [5.74, 6) is -2.28. The minimum Gasteiger partial charge on any atom is -0.478 e. The van der Waals surface area contributed by atoms with Gasteiger partial charge in [0, 0.05) is 37.3 Å². The summed E-state index contributed by atoms with van der Waals surface area (Å²) in [6.07, 6.45) is -3.47. The maximum Gasteiger partial charge on any atom is 0.416 e. The van der Waals surface area contributed by atoms with E-state index in [0.29, 0.717) is 27.8 Å². The molecule has 0 spiro atoms. The van der Waals surface area contributed by atoms with Crippen LogP contribution in [0.1, 0.15) is 52.6 Å². The zero-order valence-corrected chi connectivity index (χ0v) is 32.8. The minimum absolute atomic E-state index is 0.0473. The maximum absolute atomic E-state index is 13.2. The molecule has 0 bridgehead atoms. The molecule has 0 aliphatic rings. The first kappa shape index (κ1) is 41.8. The number of hydrogen-bond acceptors (Lipinski definition) is 11. The fraction of sp³-hybridized carbons (Fsp3) is 0.256. The van der Waals surface area contributed by atoms with Crippen molar-refractivity contribution < 1.29 is 55.3 Å². The van der Waals surface area contributed by atoms with Gasteiger partial charge in [0.2, 0.25) is 0 Å². The molecular weight excluding hydrogens is 818 g/mol. The number of carbonyl (C=O) groups is 3. The summed E-state index contributed by atoms with van der Waals surface area (Å²) >= 11 is 0. The van der Waals surface area contributed by atoms with Crippen LogP contribution in [-0.2, 0) is 47.4 Å². The van der Waals surface area contributed by atoms with Gasteiger partial charge in [-0.25, -0.2) is 29.5 Å². The molecule has 22 heteroatoms. The third-order valence-electron chi connectivity index (χ3n) is 9.37. The molecule has 0 saturated heterocycles. The average Bonchev–Trinajstić information content (AvgIpc) is 3.97. The zero-order valence-electron chi connectivity index (χ0n) is 32.8. The van der Waals surface area contributed by atoms with Gasteiger partial charge in [-0.3, -0.25) is 18.7 Å². The van der Waals surface area contributed by atoms with Crippen LogP contribution in [0, 0.1) is 5.41 Å². The molecule has 2 aromatic carbocycles. The summed E-state index contributed by atoms with van der Waals surface area (Å²) in [5, 5.41) is 18.7. The van der Waals surface area contributed by atoms with Crippen molar-refractivity contribution in [3.05, 3.63) is 83.4 Å². The highest BCUT2D eigenvalue weighted by Gasteiger charge is 2.33. The quantitative estimate of drug-likeness (QED) is 0.123. The van der Waals surface area contributed by atoms with Gasteiger partial charge in [-0.1, -0.05) is 0 Å². The number of aryl methyl sites for hydroxylation is 2. The lowest BCUT2D eigenvalue weighted by Gasteiger charge is -2.16. The molecule has 0 atom stereocenters. The summed E-state index contributed by atoms with van der Waals surface area (Å²) in [6.45, 7) is 4.93. The number of fused-ring (bicyclic) bond motifs is 4. The molecule has 0 saturated carbocycles. The van der Waals surface area contributed by atoms with E-state index in [1.807, 2.05) is 0 Å². The Hall–Kier alpha value is -7.39. The van der Waals surface area contributed by atoms with Gasteiger partial charge in [0.25, 0.3) is 0 Å². The van der Waals surface area contributed by atoms with Crippen LogP contribution in [0.2, 0.25) is 0 Å². The molecule has 16 nitrogen and oxygen atoms in total. The van der Waals surface area contributed by atoms with Crippen molar-refractivity contribution in [2.24, 2.45) is 19.5 Å². The van der Waals surface area contributed by atoms with E-state index in [9.17, 15) is 45.8 Å². The van der Waals surface area contributed by atoms with E-state index < -0.39 is 46.8 Å². The number of carbonyl (C=O) groups excluding carboxylic acids is 2. The fourth-order valence-electron chi connectivity index (χ4n) is 6.28. The van der Waals surface area contributed by atoms with Crippen LogP contribution in [0.5, 0.6) is 0 Å². The van der Waals surface area contributed by atoms with Crippen LogP contribution in [0.3, 0.4) is 0 Å². The van der Waals surface area contributed by atoms with Gasteiger partial charge < -0.3 is 19.6 Å². The number of carboxylic acid groups (broad SMARTS) is 1. The van der Waals surface area contributed by atoms with Gasteiger partial charge in [0.1, 0.15) is 44.9 Å². The Labute approximate surface area is 338 Å². The largest absolute Gasteiger partial charge is 0.478 e. The molecule has 0 aliphatic carbocycles. The number of aromatic carboxylic acids is 1. The van der Waals surface area contributed by atoms with Gasteiger partial charge in [-0.05, 0) is 57.2 Å². The predicted molar refractivity (Wildman–Crippen MR) is 205 cm³/mol. The van der Waals surface area contributed by atoms with E-state index in [-0.39, 0.29) is 57.0 Å². The molecule has 6 aromatic heterocycles. The second-order valence-electron chi connectivity index (χ2n) is 14.6.